The first kappa shape index (κ1) is 19.4. The van der Waals surface area contributed by atoms with Crippen LogP contribution < -0.4 is 0 Å². The Morgan fingerprint density at radius 3 is 2.70 bits per heavy atom. The molecule has 23 heavy (non-hydrogen) atoms. The highest BCUT2D eigenvalue weighted by Crippen LogP contribution is 2.66. The molecule has 2 nitrogen and oxygen atoms in total. The summed E-state index contributed by atoms with van der Waals surface area (Å²) >= 11 is 0. The van der Waals surface area contributed by atoms with Gasteiger partial charge in [0, 0.05) is 14.9 Å². The lowest BCUT2D eigenvalue weighted by Crippen LogP contribution is -2.50. The number of aliphatic hydroxyl groups excluding tert-OH is 1. The fraction of sp³-hybridized carbons (Fsp3) is 0.900. The van der Waals surface area contributed by atoms with Gasteiger partial charge >= 0.3 is 0 Å². The first-order chi connectivity index (χ1) is 10.7. The summed E-state index contributed by atoms with van der Waals surface area (Å²) in [5.74, 6) is 1.35. The summed E-state index contributed by atoms with van der Waals surface area (Å²) in [5.41, 5.74) is 0.122. The van der Waals surface area contributed by atoms with Crippen molar-refractivity contribution < 1.29 is 9.63 Å². The van der Waals surface area contributed by atoms with Crippen molar-refractivity contribution in [1.82, 2.24) is 0 Å². The van der Waals surface area contributed by atoms with Gasteiger partial charge in [0.1, 0.15) is 0 Å². The number of aliphatic hydroxyl groups is 1. The number of rotatable bonds is 7. The third kappa shape index (κ3) is 3.42. The molecule has 2 saturated carbocycles. The molecular formula is C20H37O2P. The number of hydrogen-bond acceptors (Lipinski definition) is 2. The van der Waals surface area contributed by atoms with Crippen LogP contribution in [0.1, 0.15) is 79.1 Å². The van der Waals surface area contributed by atoms with Gasteiger partial charge in [0.2, 0.25) is 0 Å². The van der Waals surface area contributed by atoms with Crippen LogP contribution >= 0.6 is 9.47 Å². The third-order valence-electron chi connectivity index (χ3n) is 7.31. The van der Waals surface area contributed by atoms with Crippen molar-refractivity contribution in [3.63, 3.8) is 0 Å². The van der Waals surface area contributed by atoms with Crippen LogP contribution in [0, 0.1) is 22.7 Å². The lowest BCUT2D eigenvalue weighted by molar-refractivity contribution is -0.0799. The second-order valence-corrected chi connectivity index (χ2v) is 9.20. The Hall–Kier alpha value is 0.0900. The van der Waals surface area contributed by atoms with E-state index in [0.29, 0.717) is 11.8 Å². The topological polar surface area (TPSA) is 29.5 Å². The molecule has 0 aromatic rings. The minimum absolute atomic E-state index is 0.0361. The lowest BCUT2D eigenvalue weighted by atomic mass is 9.53. The fourth-order valence-corrected chi connectivity index (χ4v) is 5.73. The average Bonchev–Trinajstić information content (AvgIpc) is 2.82. The summed E-state index contributed by atoms with van der Waals surface area (Å²) in [6.07, 6.45) is 11.3. The van der Waals surface area contributed by atoms with Crippen molar-refractivity contribution in [3.8, 4) is 0 Å². The molecule has 1 N–H and O–H groups in total. The molecule has 2 rings (SSSR count). The number of fused-ring (bicyclic) bond motifs is 1. The van der Waals surface area contributed by atoms with Crippen LogP contribution in [0.2, 0.25) is 0 Å². The number of allylic oxidation sites excluding steroid dienone is 1. The summed E-state index contributed by atoms with van der Waals surface area (Å²) in [4.78, 5) is 0. The molecule has 0 aliphatic heterocycles. The van der Waals surface area contributed by atoms with E-state index in [0.717, 1.165) is 25.7 Å². The van der Waals surface area contributed by atoms with E-state index < -0.39 is 0 Å². The Balaban J connectivity index is 2.06. The van der Waals surface area contributed by atoms with Gasteiger partial charge in [0.15, 0.2) is 0 Å². The van der Waals surface area contributed by atoms with Crippen molar-refractivity contribution in [1.29, 1.82) is 0 Å². The van der Waals surface area contributed by atoms with Crippen LogP contribution in [0.15, 0.2) is 12.7 Å². The van der Waals surface area contributed by atoms with Crippen molar-refractivity contribution >= 4 is 9.47 Å². The standard InChI is InChI=1S/C20H37O2P/c1-6-20-13-8-10-17(21)19(20,5)14-11-16(20)15(2)9-7-12-18(3,4)22-23/h6,15-17,21H,1,7-14,23H2,2-5H3/t15-,16?,17?,19+,20-/m1/s1. The van der Waals surface area contributed by atoms with Gasteiger partial charge < -0.3 is 9.63 Å². The van der Waals surface area contributed by atoms with E-state index in [4.69, 9.17) is 4.52 Å². The molecule has 0 aromatic carbocycles. The molecule has 0 spiro atoms. The van der Waals surface area contributed by atoms with Crippen LogP contribution in [-0.4, -0.2) is 16.8 Å². The maximum absolute atomic E-state index is 10.7. The molecule has 0 radical (unpaired) electrons. The summed E-state index contributed by atoms with van der Waals surface area (Å²) < 4.78 is 5.47. The number of hydrogen-bond donors (Lipinski definition) is 1. The molecule has 3 unspecified atom stereocenters. The highest BCUT2D eigenvalue weighted by atomic mass is 31.0. The maximum atomic E-state index is 10.7. The molecule has 0 saturated heterocycles. The van der Waals surface area contributed by atoms with E-state index in [-0.39, 0.29) is 22.5 Å². The Morgan fingerprint density at radius 1 is 1.39 bits per heavy atom. The smallest absolute Gasteiger partial charge is 0.0662 e. The minimum atomic E-state index is -0.157. The van der Waals surface area contributed by atoms with Gasteiger partial charge in [0.25, 0.3) is 0 Å². The lowest BCUT2D eigenvalue weighted by Gasteiger charge is -2.52. The zero-order valence-electron chi connectivity index (χ0n) is 15.6. The van der Waals surface area contributed by atoms with E-state index in [1.54, 1.807) is 0 Å². The fourth-order valence-electron chi connectivity index (χ4n) is 5.61. The molecule has 0 aromatic heterocycles. The minimum Gasteiger partial charge on any atom is -0.393 e. The molecule has 6 atom stereocenters. The van der Waals surface area contributed by atoms with Crippen molar-refractivity contribution in [3.05, 3.63) is 12.7 Å². The Labute approximate surface area is 145 Å². The monoisotopic (exact) mass is 340 g/mol. The Kier molecular flexibility index (Phi) is 6.03. The quantitative estimate of drug-likeness (QED) is 0.489. The molecule has 134 valence electrons. The molecular weight excluding hydrogens is 303 g/mol. The zero-order chi connectivity index (χ0) is 17.3. The zero-order valence-corrected chi connectivity index (χ0v) is 16.8. The Bertz CT molecular complexity index is 422. The van der Waals surface area contributed by atoms with Crippen molar-refractivity contribution in [2.75, 3.05) is 0 Å². The van der Waals surface area contributed by atoms with Gasteiger partial charge in [-0.1, -0.05) is 32.8 Å². The molecule has 2 aliphatic rings. The molecule has 0 amide bonds. The Morgan fingerprint density at radius 2 is 2.09 bits per heavy atom. The summed E-state index contributed by atoms with van der Waals surface area (Å²) in [6, 6.07) is 0. The van der Waals surface area contributed by atoms with Crippen LogP contribution in [0.4, 0.5) is 0 Å². The van der Waals surface area contributed by atoms with Crippen LogP contribution in [0.25, 0.3) is 0 Å². The predicted octanol–water partition coefficient (Wildman–Crippen LogP) is 5.51. The van der Waals surface area contributed by atoms with Crippen molar-refractivity contribution in [2.45, 2.75) is 90.8 Å². The van der Waals surface area contributed by atoms with Crippen molar-refractivity contribution in [2.24, 2.45) is 22.7 Å². The second kappa shape index (κ2) is 7.14. The molecule has 2 fully saturated rings. The van der Waals surface area contributed by atoms with E-state index in [9.17, 15) is 5.11 Å². The van der Waals surface area contributed by atoms with Gasteiger partial charge in [-0.3, -0.25) is 0 Å². The van der Waals surface area contributed by atoms with E-state index >= 15 is 0 Å². The first-order valence-corrected chi connectivity index (χ1v) is 9.89. The maximum Gasteiger partial charge on any atom is 0.0662 e. The molecule has 3 heteroatoms. The highest BCUT2D eigenvalue weighted by molar-refractivity contribution is 7.09. The predicted molar refractivity (Wildman–Crippen MR) is 101 cm³/mol. The van der Waals surface area contributed by atoms with Gasteiger partial charge in [-0.25, -0.2) is 0 Å². The summed E-state index contributed by atoms with van der Waals surface area (Å²) in [5, 5.41) is 10.7. The summed E-state index contributed by atoms with van der Waals surface area (Å²) in [7, 11) is 2.40. The van der Waals surface area contributed by atoms with Gasteiger partial charge in [-0.15, -0.1) is 6.58 Å². The van der Waals surface area contributed by atoms with E-state index in [2.05, 4.69) is 49.8 Å². The molecule has 0 bridgehead atoms. The largest absolute Gasteiger partial charge is 0.393 e. The first-order valence-electron chi connectivity index (χ1n) is 9.42. The van der Waals surface area contributed by atoms with Crippen LogP contribution in [0.5, 0.6) is 0 Å². The molecule has 2 aliphatic carbocycles. The average molecular weight is 340 g/mol. The van der Waals surface area contributed by atoms with Gasteiger partial charge in [0.05, 0.1) is 11.7 Å². The third-order valence-corrected chi connectivity index (χ3v) is 7.95. The van der Waals surface area contributed by atoms with E-state index in [1.807, 2.05) is 0 Å². The van der Waals surface area contributed by atoms with Crippen LogP contribution in [-0.2, 0) is 4.52 Å². The second-order valence-electron chi connectivity index (χ2n) is 8.96. The normalized spacial score (nSPS) is 39.0. The van der Waals surface area contributed by atoms with Gasteiger partial charge in [-0.05, 0) is 69.6 Å². The SMILES string of the molecule is C=C[C@]12CCCC(O)[C@]1(C)CCC2[C@H](C)CCCC(C)(C)OP. The van der Waals surface area contributed by atoms with Gasteiger partial charge in [-0.2, -0.15) is 0 Å². The summed E-state index contributed by atoms with van der Waals surface area (Å²) in [6.45, 7) is 13.3. The van der Waals surface area contributed by atoms with Crippen LogP contribution in [0.3, 0.4) is 0 Å². The van der Waals surface area contributed by atoms with E-state index in [1.165, 1.54) is 25.7 Å². The highest BCUT2D eigenvalue weighted by Gasteiger charge is 2.60. The molecule has 0 heterocycles.